The van der Waals surface area contributed by atoms with Gasteiger partial charge in [0.1, 0.15) is 4.90 Å². The Labute approximate surface area is 130 Å². The Morgan fingerprint density at radius 1 is 1.23 bits per heavy atom. The van der Waals surface area contributed by atoms with E-state index in [1.54, 1.807) is 22.5 Å². The van der Waals surface area contributed by atoms with E-state index >= 15 is 0 Å². The van der Waals surface area contributed by atoms with E-state index in [1.165, 1.54) is 0 Å². The highest BCUT2D eigenvalue weighted by molar-refractivity contribution is 7.89. The highest BCUT2D eigenvalue weighted by Crippen LogP contribution is 2.38. The molecule has 6 heteroatoms. The second kappa shape index (κ2) is 4.93. The van der Waals surface area contributed by atoms with Crippen molar-refractivity contribution in [2.75, 3.05) is 25.0 Å². The molecule has 0 saturated carbocycles. The molecular weight excluding hydrogens is 300 g/mol. The van der Waals surface area contributed by atoms with Gasteiger partial charge in [0.05, 0.1) is 5.69 Å². The predicted octanol–water partition coefficient (Wildman–Crippen LogP) is 1.78. The van der Waals surface area contributed by atoms with Crippen LogP contribution in [0.5, 0.6) is 0 Å². The standard InChI is InChI=1S/C16H18N2O3S/c19-15-8-11-4-3-7-18-10-13(11)12(15)9-17-14-5-1-2-6-16(14)22(18,20)21/h1-2,5-6,11,17H,3-4,7-10H2. The van der Waals surface area contributed by atoms with Crippen molar-refractivity contribution in [1.29, 1.82) is 0 Å². The van der Waals surface area contributed by atoms with Gasteiger partial charge in [-0.1, -0.05) is 12.1 Å². The summed E-state index contributed by atoms with van der Waals surface area (Å²) in [7, 11) is -3.53. The smallest absolute Gasteiger partial charge is 0.245 e. The maximum absolute atomic E-state index is 13.0. The highest BCUT2D eigenvalue weighted by Gasteiger charge is 2.39. The summed E-state index contributed by atoms with van der Waals surface area (Å²) in [6.07, 6.45) is 2.25. The normalized spacial score (nSPS) is 29.7. The summed E-state index contributed by atoms with van der Waals surface area (Å²) in [5, 5.41) is 3.17. The predicted molar refractivity (Wildman–Crippen MR) is 83.1 cm³/mol. The third kappa shape index (κ3) is 2.01. The first-order valence-electron chi connectivity index (χ1n) is 7.65. The van der Waals surface area contributed by atoms with Crippen molar-refractivity contribution in [3.05, 3.63) is 35.4 Å². The number of ketones is 1. The van der Waals surface area contributed by atoms with E-state index in [0.717, 1.165) is 24.0 Å². The lowest BCUT2D eigenvalue weighted by Crippen LogP contribution is -2.33. The number of para-hydroxylation sites is 1. The monoisotopic (exact) mass is 318 g/mol. The number of Topliss-reactive ketones (excluding diaryl/α,β-unsaturated/α-hetero) is 1. The Balaban J connectivity index is 1.90. The van der Waals surface area contributed by atoms with Crippen LogP contribution in [0.4, 0.5) is 5.69 Å². The van der Waals surface area contributed by atoms with Crippen molar-refractivity contribution >= 4 is 21.5 Å². The summed E-state index contributed by atoms with van der Waals surface area (Å²) in [6.45, 7) is 1.31. The molecule has 5 nitrogen and oxygen atoms in total. The molecule has 0 radical (unpaired) electrons. The number of nitrogens with one attached hydrogen (secondary N) is 1. The molecule has 0 spiro atoms. The lowest BCUT2D eigenvalue weighted by atomic mass is 9.97. The molecule has 2 heterocycles. The number of hydrogen-bond donors (Lipinski definition) is 1. The molecule has 1 N–H and O–H groups in total. The van der Waals surface area contributed by atoms with E-state index in [-0.39, 0.29) is 11.7 Å². The molecule has 22 heavy (non-hydrogen) atoms. The fraction of sp³-hybridized carbons (Fsp3) is 0.438. The van der Waals surface area contributed by atoms with Crippen molar-refractivity contribution in [3.8, 4) is 0 Å². The Bertz CT molecular complexity index is 782. The van der Waals surface area contributed by atoms with Crippen LogP contribution in [0, 0.1) is 5.92 Å². The van der Waals surface area contributed by atoms with Gasteiger partial charge in [0, 0.05) is 31.6 Å². The topological polar surface area (TPSA) is 66.5 Å². The number of sulfonamides is 1. The van der Waals surface area contributed by atoms with E-state index in [2.05, 4.69) is 5.32 Å². The first-order valence-corrected chi connectivity index (χ1v) is 9.09. The molecule has 1 aliphatic carbocycles. The third-order valence-electron chi connectivity index (χ3n) is 4.92. The summed E-state index contributed by atoms with van der Waals surface area (Å²) in [6, 6.07) is 6.95. The van der Waals surface area contributed by atoms with Gasteiger partial charge >= 0.3 is 0 Å². The van der Waals surface area contributed by atoms with Crippen LogP contribution in [0.1, 0.15) is 19.3 Å². The number of fused-ring (bicyclic) bond motifs is 2. The van der Waals surface area contributed by atoms with E-state index < -0.39 is 10.0 Å². The van der Waals surface area contributed by atoms with Gasteiger partial charge in [-0.2, -0.15) is 4.31 Å². The average Bonchev–Trinajstić information content (AvgIpc) is 2.67. The van der Waals surface area contributed by atoms with E-state index in [0.29, 0.717) is 36.6 Å². The van der Waals surface area contributed by atoms with Crippen LogP contribution >= 0.6 is 0 Å². The van der Waals surface area contributed by atoms with E-state index in [9.17, 15) is 13.2 Å². The number of carbonyl (C=O) groups excluding carboxylic acids is 1. The van der Waals surface area contributed by atoms with Gasteiger partial charge in [-0.25, -0.2) is 8.42 Å². The van der Waals surface area contributed by atoms with Crippen LogP contribution in [0.2, 0.25) is 0 Å². The molecule has 2 unspecified atom stereocenters. The number of anilines is 1. The van der Waals surface area contributed by atoms with Crippen molar-refractivity contribution in [3.63, 3.8) is 0 Å². The third-order valence-corrected chi connectivity index (χ3v) is 6.82. The summed E-state index contributed by atoms with van der Waals surface area (Å²) in [5.41, 5.74) is 2.41. The maximum Gasteiger partial charge on any atom is 0.245 e. The number of nitrogens with zero attached hydrogens (tertiary/aromatic N) is 1. The van der Waals surface area contributed by atoms with Crippen LogP contribution in [-0.2, 0) is 14.8 Å². The highest BCUT2D eigenvalue weighted by atomic mass is 32.2. The molecule has 1 aromatic rings. The van der Waals surface area contributed by atoms with Crippen LogP contribution in [0.25, 0.3) is 0 Å². The zero-order valence-corrected chi connectivity index (χ0v) is 13.0. The summed E-state index contributed by atoms with van der Waals surface area (Å²) in [4.78, 5) is 12.6. The van der Waals surface area contributed by atoms with Crippen molar-refractivity contribution in [2.24, 2.45) is 5.92 Å². The van der Waals surface area contributed by atoms with Gasteiger partial charge in [0.25, 0.3) is 0 Å². The van der Waals surface area contributed by atoms with Crippen LogP contribution in [-0.4, -0.2) is 38.1 Å². The number of hydrogen-bond acceptors (Lipinski definition) is 4. The van der Waals surface area contributed by atoms with E-state index in [1.807, 2.05) is 6.07 Å². The lowest BCUT2D eigenvalue weighted by Gasteiger charge is -2.21. The largest absolute Gasteiger partial charge is 0.380 e. The summed E-state index contributed by atoms with van der Waals surface area (Å²) >= 11 is 0. The maximum atomic E-state index is 13.0. The minimum atomic E-state index is -3.53. The molecule has 0 amide bonds. The van der Waals surface area contributed by atoms with Crippen LogP contribution in [0.3, 0.4) is 0 Å². The molecule has 2 aliphatic heterocycles. The quantitative estimate of drug-likeness (QED) is 0.792. The molecule has 1 saturated heterocycles. The van der Waals surface area contributed by atoms with Gasteiger partial charge in [0.15, 0.2) is 5.78 Å². The molecule has 2 bridgehead atoms. The first-order chi connectivity index (χ1) is 10.6. The van der Waals surface area contributed by atoms with Gasteiger partial charge in [0.2, 0.25) is 10.0 Å². The molecule has 4 rings (SSSR count). The van der Waals surface area contributed by atoms with Crippen LogP contribution in [0.15, 0.2) is 40.3 Å². The molecule has 2 atom stereocenters. The van der Waals surface area contributed by atoms with Crippen molar-refractivity contribution < 1.29 is 13.2 Å². The number of rotatable bonds is 0. The zero-order chi connectivity index (χ0) is 15.3. The SMILES string of the molecule is O=C1CC2CCCN3CC2=C1CNc1ccccc1S3(=O)=O. The molecule has 0 aromatic heterocycles. The van der Waals surface area contributed by atoms with Crippen LogP contribution < -0.4 is 5.32 Å². The average molecular weight is 318 g/mol. The number of carbonyl (C=O) groups is 1. The Morgan fingerprint density at radius 2 is 2.05 bits per heavy atom. The Hall–Kier alpha value is -1.66. The van der Waals surface area contributed by atoms with Crippen molar-refractivity contribution in [2.45, 2.75) is 24.2 Å². The minimum absolute atomic E-state index is 0.172. The molecule has 116 valence electrons. The Kier molecular flexibility index (Phi) is 3.13. The van der Waals surface area contributed by atoms with Gasteiger partial charge in [-0.3, -0.25) is 4.79 Å². The van der Waals surface area contributed by atoms with Gasteiger partial charge < -0.3 is 5.32 Å². The summed E-state index contributed by atoms with van der Waals surface area (Å²) < 4.78 is 27.5. The van der Waals surface area contributed by atoms with Crippen molar-refractivity contribution in [1.82, 2.24) is 4.31 Å². The molecule has 1 fully saturated rings. The second-order valence-corrected chi connectivity index (χ2v) is 8.06. The molecule has 1 aromatic carbocycles. The fourth-order valence-electron chi connectivity index (χ4n) is 3.76. The Morgan fingerprint density at radius 3 is 2.91 bits per heavy atom. The number of benzene rings is 1. The second-order valence-electron chi connectivity index (χ2n) is 6.16. The van der Waals surface area contributed by atoms with Gasteiger partial charge in [-0.05, 0) is 36.5 Å². The first kappa shape index (κ1) is 14.0. The lowest BCUT2D eigenvalue weighted by molar-refractivity contribution is -0.115. The minimum Gasteiger partial charge on any atom is -0.380 e. The molecule has 3 aliphatic rings. The summed E-state index contributed by atoms with van der Waals surface area (Å²) in [5.74, 6) is 0.400. The molecular formula is C16H18N2O3S. The van der Waals surface area contributed by atoms with Gasteiger partial charge in [-0.15, -0.1) is 0 Å². The zero-order valence-electron chi connectivity index (χ0n) is 12.2. The fourth-order valence-corrected chi connectivity index (χ4v) is 5.38. The van der Waals surface area contributed by atoms with E-state index in [4.69, 9.17) is 0 Å².